The van der Waals surface area contributed by atoms with Crippen LogP contribution in [0.15, 0.2) is 47.8 Å². The van der Waals surface area contributed by atoms with Crippen molar-refractivity contribution < 1.29 is 19.0 Å². The number of thiazole rings is 1. The van der Waals surface area contributed by atoms with E-state index < -0.39 is 5.60 Å². The number of hydrogen-bond acceptors (Lipinski definition) is 6. The molecule has 0 saturated heterocycles. The minimum Gasteiger partial charge on any atom is -0.454 e. The number of halogens is 1. The molecule has 27 heavy (non-hydrogen) atoms. The van der Waals surface area contributed by atoms with Crippen molar-refractivity contribution in [1.29, 1.82) is 0 Å². The molecule has 1 atom stereocenters. The topological polar surface area (TPSA) is 63.6 Å². The zero-order valence-electron chi connectivity index (χ0n) is 14.7. The van der Waals surface area contributed by atoms with E-state index in [0.717, 1.165) is 27.8 Å². The summed E-state index contributed by atoms with van der Waals surface area (Å²) in [6.45, 7) is 2.81. The molecule has 0 spiro atoms. The predicted molar refractivity (Wildman–Crippen MR) is 101 cm³/mol. The first-order chi connectivity index (χ1) is 13.0. The van der Waals surface area contributed by atoms with Gasteiger partial charge in [-0.05, 0) is 42.8 Å². The van der Waals surface area contributed by atoms with Crippen molar-refractivity contribution in [3.63, 3.8) is 0 Å². The molecule has 0 radical (unpaired) electrons. The van der Waals surface area contributed by atoms with Crippen LogP contribution in [-0.4, -0.2) is 23.4 Å². The van der Waals surface area contributed by atoms with E-state index >= 15 is 0 Å². The number of hydrogen-bond donors (Lipinski definition) is 2. The Kier molecular flexibility index (Phi) is 4.82. The first-order valence-corrected chi connectivity index (χ1v) is 9.43. The molecule has 0 saturated carbocycles. The van der Waals surface area contributed by atoms with E-state index in [1.165, 1.54) is 12.1 Å². The van der Waals surface area contributed by atoms with Gasteiger partial charge in [0.2, 0.25) is 6.79 Å². The lowest BCUT2D eigenvalue weighted by Crippen LogP contribution is -2.35. The molecule has 3 aromatic rings. The molecule has 4 rings (SSSR count). The number of ether oxygens (including phenoxy) is 2. The minimum absolute atomic E-state index is 0.250. The van der Waals surface area contributed by atoms with Crippen LogP contribution in [-0.2, 0) is 12.1 Å². The standard InChI is InChI=1S/C20H19FN2O3S/c1-20(24,14-3-5-15(21)6-4-14)11-22-9-16-10-27-19(23-16)13-2-7-17-18(8-13)26-12-25-17/h2-8,10,22,24H,9,11-12H2,1H3. The lowest BCUT2D eigenvalue weighted by molar-refractivity contribution is 0.0565. The molecule has 1 aliphatic heterocycles. The second-order valence-electron chi connectivity index (χ2n) is 6.60. The molecule has 5 nitrogen and oxygen atoms in total. The summed E-state index contributed by atoms with van der Waals surface area (Å²) in [6, 6.07) is 11.7. The fourth-order valence-corrected chi connectivity index (χ4v) is 3.71. The Hall–Kier alpha value is -2.48. The molecule has 1 aliphatic rings. The first kappa shape index (κ1) is 17.9. The predicted octanol–water partition coefficient (Wildman–Crippen LogP) is 3.68. The van der Waals surface area contributed by atoms with E-state index in [-0.39, 0.29) is 12.6 Å². The van der Waals surface area contributed by atoms with E-state index in [0.29, 0.717) is 18.7 Å². The monoisotopic (exact) mass is 386 g/mol. The third-order valence-electron chi connectivity index (χ3n) is 4.41. The highest BCUT2D eigenvalue weighted by Crippen LogP contribution is 2.36. The third-order valence-corrected chi connectivity index (χ3v) is 5.35. The third kappa shape index (κ3) is 3.95. The fraction of sp³-hybridized carbons (Fsp3) is 0.250. The Balaban J connectivity index is 1.38. The maximum atomic E-state index is 13.0. The molecular formula is C20H19FN2O3S. The van der Waals surface area contributed by atoms with Crippen molar-refractivity contribution in [1.82, 2.24) is 10.3 Å². The highest BCUT2D eigenvalue weighted by atomic mass is 32.1. The fourth-order valence-electron chi connectivity index (χ4n) is 2.90. The molecule has 7 heteroatoms. The molecule has 2 N–H and O–H groups in total. The number of aliphatic hydroxyl groups is 1. The van der Waals surface area contributed by atoms with Crippen LogP contribution in [0, 0.1) is 5.82 Å². The summed E-state index contributed by atoms with van der Waals surface area (Å²) in [5.74, 6) is 1.17. The maximum absolute atomic E-state index is 13.0. The second-order valence-corrected chi connectivity index (χ2v) is 7.45. The van der Waals surface area contributed by atoms with E-state index in [4.69, 9.17) is 9.47 Å². The Labute approximate surface area is 160 Å². The Bertz CT molecular complexity index is 941. The van der Waals surface area contributed by atoms with Crippen LogP contribution >= 0.6 is 11.3 Å². The Morgan fingerprint density at radius 3 is 2.78 bits per heavy atom. The van der Waals surface area contributed by atoms with Crippen LogP contribution in [0.4, 0.5) is 4.39 Å². The van der Waals surface area contributed by atoms with E-state index in [1.807, 2.05) is 23.6 Å². The van der Waals surface area contributed by atoms with Crippen LogP contribution in [0.25, 0.3) is 10.6 Å². The molecule has 0 amide bonds. The molecule has 2 heterocycles. The Morgan fingerprint density at radius 1 is 1.19 bits per heavy atom. The van der Waals surface area contributed by atoms with Gasteiger partial charge in [-0.1, -0.05) is 12.1 Å². The van der Waals surface area contributed by atoms with Crippen molar-refractivity contribution in [2.45, 2.75) is 19.1 Å². The summed E-state index contributed by atoms with van der Waals surface area (Å²) in [6.07, 6.45) is 0. The SMILES string of the molecule is CC(O)(CNCc1csc(-c2ccc3c(c2)OCO3)n1)c1ccc(F)cc1. The number of rotatable bonds is 6. The van der Waals surface area contributed by atoms with Gasteiger partial charge in [-0.25, -0.2) is 9.37 Å². The number of fused-ring (bicyclic) bond motifs is 1. The smallest absolute Gasteiger partial charge is 0.231 e. The normalized spacial score (nSPS) is 14.9. The second kappa shape index (κ2) is 7.26. The number of aromatic nitrogens is 1. The van der Waals surface area contributed by atoms with Crippen molar-refractivity contribution >= 4 is 11.3 Å². The summed E-state index contributed by atoms with van der Waals surface area (Å²) < 4.78 is 23.8. The zero-order valence-corrected chi connectivity index (χ0v) is 15.6. The van der Waals surface area contributed by atoms with Gasteiger partial charge in [0.1, 0.15) is 10.8 Å². The molecule has 0 fully saturated rings. The van der Waals surface area contributed by atoms with E-state index in [2.05, 4.69) is 10.3 Å². The Morgan fingerprint density at radius 2 is 1.96 bits per heavy atom. The van der Waals surface area contributed by atoms with Crippen LogP contribution in [0.2, 0.25) is 0 Å². The highest BCUT2D eigenvalue weighted by Gasteiger charge is 2.22. The van der Waals surface area contributed by atoms with Gasteiger partial charge in [0.15, 0.2) is 11.5 Å². The summed E-state index contributed by atoms with van der Waals surface area (Å²) in [7, 11) is 0. The van der Waals surface area contributed by atoms with Gasteiger partial charge >= 0.3 is 0 Å². The number of nitrogens with zero attached hydrogens (tertiary/aromatic N) is 1. The molecule has 2 aromatic carbocycles. The summed E-state index contributed by atoms with van der Waals surface area (Å²) in [5.41, 5.74) is 1.44. The van der Waals surface area contributed by atoms with Gasteiger partial charge < -0.3 is 19.9 Å². The van der Waals surface area contributed by atoms with Gasteiger partial charge in [-0.2, -0.15) is 0 Å². The molecular weight excluding hydrogens is 367 g/mol. The molecule has 1 unspecified atom stereocenters. The van der Waals surface area contributed by atoms with Gasteiger partial charge in [0, 0.05) is 24.0 Å². The first-order valence-electron chi connectivity index (χ1n) is 8.55. The van der Waals surface area contributed by atoms with Gasteiger partial charge in [-0.3, -0.25) is 0 Å². The zero-order chi connectivity index (χ0) is 18.9. The lowest BCUT2D eigenvalue weighted by Gasteiger charge is -2.24. The molecule has 0 aliphatic carbocycles. The summed E-state index contributed by atoms with van der Waals surface area (Å²) >= 11 is 1.55. The van der Waals surface area contributed by atoms with Gasteiger partial charge in [0.25, 0.3) is 0 Å². The quantitative estimate of drug-likeness (QED) is 0.677. The van der Waals surface area contributed by atoms with Crippen molar-refractivity contribution in [2.75, 3.05) is 13.3 Å². The van der Waals surface area contributed by atoms with E-state index in [1.54, 1.807) is 30.4 Å². The number of benzene rings is 2. The maximum Gasteiger partial charge on any atom is 0.231 e. The summed E-state index contributed by atoms with van der Waals surface area (Å²) in [5, 5.41) is 16.7. The van der Waals surface area contributed by atoms with Gasteiger partial charge in [0.05, 0.1) is 11.3 Å². The average Bonchev–Trinajstić information content (AvgIpc) is 3.30. The lowest BCUT2D eigenvalue weighted by atomic mass is 9.96. The van der Waals surface area contributed by atoms with Crippen molar-refractivity contribution in [3.8, 4) is 22.1 Å². The summed E-state index contributed by atoms with van der Waals surface area (Å²) in [4.78, 5) is 4.64. The van der Waals surface area contributed by atoms with Crippen LogP contribution in [0.3, 0.4) is 0 Å². The van der Waals surface area contributed by atoms with Gasteiger partial charge in [-0.15, -0.1) is 11.3 Å². The minimum atomic E-state index is -1.09. The average molecular weight is 386 g/mol. The van der Waals surface area contributed by atoms with Crippen molar-refractivity contribution in [2.24, 2.45) is 0 Å². The number of nitrogens with one attached hydrogen (secondary N) is 1. The van der Waals surface area contributed by atoms with Crippen LogP contribution in [0.1, 0.15) is 18.2 Å². The van der Waals surface area contributed by atoms with Crippen molar-refractivity contribution in [3.05, 3.63) is 64.9 Å². The molecule has 140 valence electrons. The largest absolute Gasteiger partial charge is 0.454 e. The molecule has 0 bridgehead atoms. The van der Waals surface area contributed by atoms with E-state index in [9.17, 15) is 9.50 Å². The molecule has 1 aromatic heterocycles. The van der Waals surface area contributed by atoms with Crippen LogP contribution in [0.5, 0.6) is 11.5 Å². The highest BCUT2D eigenvalue weighted by molar-refractivity contribution is 7.13. The van der Waals surface area contributed by atoms with Crippen LogP contribution < -0.4 is 14.8 Å².